The van der Waals surface area contributed by atoms with Crippen LogP contribution in [-0.2, 0) is 20.8 Å². The van der Waals surface area contributed by atoms with Crippen LogP contribution in [0.4, 0.5) is 0 Å². The predicted molar refractivity (Wildman–Crippen MR) is 81.3 cm³/mol. The third-order valence-electron chi connectivity index (χ3n) is 3.67. The van der Waals surface area contributed by atoms with Gasteiger partial charge in [-0.05, 0) is 42.5 Å². The van der Waals surface area contributed by atoms with E-state index in [2.05, 4.69) is 5.32 Å². The van der Waals surface area contributed by atoms with Gasteiger partial charge in [0.25, 0.3) is 0 Å². The van der Waals surface area contributed by atoms with Crippen LogP contribution in [0, 0.1) is 5.92 Å². The number of carbonyl (C=O) groups excluding carboxylic acids is 3. The molecule has 1 aliphatic carbocycles. The van der Waals surface area contributed by atoms with Crippen LogP contribution in [0.15, 0.2) is 36.4 Å². The minimum absolute atomic E-state index is 0.0203. The molecule has 0 radical (unpaired) electrons. The van der Waals surface area contributed by atoms with E-state index in [1.807, 2.05) is 12.1 Å². The van der Waals surface area contributed by atoms with Crippen molar-refractivity contribution in [1.29, 1.82) is 0 Å². The molecule has 0 saturated heterocycles. The summed E-state index contributed by atoms with van der Waals surface area (Å²) in [5.74, 6) is -0.649. The lowest BCUT2D eigenvalue weighted by atomic mass is 9.87. The highest BCUT2D eigenvalue weighted by Gasteiger charge is 2.24. The molecule has 2 rings (SSSR count). The number of allylic oxidation sites excluding steroid dienone is 1. The van der Waals surface area contributed by atoms with Crippen molar-refractivity contribution in [3.63, 3.8) is 0 Å². The molecule has 1 fully saturated rings. The SMILES string of the molecule is O=C(C=CC1CCC(=O)C(=O)C1)NCCc1ccc(O)cc1. The van der Waals surface area contributed by atoms with E-state index in [-0.39, 0.29) is 42.0 Å². The van der Waals surface area contributed by atoms with Crippen molar-refractivity contribution in [2.45, 2.75) is 25.7 Å². The first kappa shape index (κ1) is 15.9. The predicted octanol–water partition coefficient (Wildman–Crippen LogP) is 1.55. The molecule has 116 valence electrons. The second-order valence-electron chi connectivity index (χ2n) is 5.42. The van der Waals surface area contributed by atoms with E-state index in [1.54, 1.807) is 18.2 Å². The summed E-state index contributed by atoms with van der Waals surface area (Å²) in [6.45, 7) is 0.496. The maximum atomic E-state index is 11.7. The Morgan fingerprint density at radius 1 is 1.23 bits per heavy atom. The average molecular weight is 301 g/mol. The molecule has 1 atom stereocenters. The van der Waals surface area contributed by atoms with Crippen LogP contribution in [-0.4, -0.2) is 29.1 Å². The number of benzene rings is 1. The molecule has 5 nitrogen and oxygen atoms in total. The Bertz CT molecular complexity index is 589. The van der Waals surface area contributed by atoms with Crippen molar-refractivity contribution in [2.75, 3.05) is 6.54 Å². The van der Waals surface area contributed by atoms with Gasteiger partial charge >= 0.3 is 0 Å². The van der Waals surface area contributed by atoms with Crippen LogP contribution < -0.4 is 5.32 Å². The molecule has 0 bridgehead atoms. The van der Waals surface area contributed by atoms with Crippen molar-refractivity contribution < 1.29 is 19.5 Å². The van der Waals surface area contributed by atoms with Gasteiger partial charge in [-0.15, -0.1) is 0 Å². The number of hydrogen-bond acceptors (Lipinski definition) is 4. The lowest BCUT2D eigenvalue weighted by molar-refractivity contribution is -0.138. The highest BCUT2D eigenvalue weighted by atomic mass is 16.3. The van der Waals surface area contributed by atoms with Crippen molar-refractivity contribution in [3.8, 4) is 5.75 Å². The van der Waals surface area contributed by atoms with E-state index < -0.39 is 0 Å². The molecule has 0 spiro atoms. The van der Waals surface area contributed by atoms with Gasteiger partial charge < -0.3 is 10.4 Å². The third-order valence-corrected chi connectivity index (χ3v) is 3.67. The third kappa shape index (κ3) is 4.84. The molecule has 2 N–H and O–H groups in total. The van der Waals surface area contributed by atoms with Gasteiger partial charge in [-0.2, -0.15) is 0 Å². The van der Waals surface area contributed by atoms with Crippen LogP contribution in [0.2, 0.25) is 0 Å². The molecule has 1 aliphatic rings. The maximum Gasteiger partial charge on any atom is 0.243 e. The molecule has 1 unspecified atom stereocenters. The maximum absolute atomic E-state index is 11.7. The summed E-state index contributed by atoms with van der Waals surface area (Å²) >= 11 is 0. The van der Waals surface area contributed by atoms with Gasteiger partial charge in [0.2, 0.25) is 5.91 Å². The Hall–Kier alpha value is -2.43. The molecule has 1 saturated carbocycles. The second-order valence-corrected chi connectivity index (χ2v) is 5.42. The molecule has 0 aromatic heterocycles. The van der Waals surface area contributed by atoms with E-state index >= 15 is 0 Å². The van der Waals surface area contributed by atoms with Crippen molar-refractivity contribution in [3.05, 3.63) is 42.0 Å². The monoisotopic (exact) mass is 301 g/mol. The summed E-state index contributed by atoms with van der Waals surface area (Å²) in [5, 5.41) is 11.9. The number of carbonyl (C=O) groups is 3. The van der Waals surface area contributed by atoms with Crippen molar-refractivity contribution in [2.24, 2.45) is 5.92 Å². The zero-order chi connectivity index (χ0) is 15.9. The fourth-order valence-corrected chi connectivity index (χ4v) is 2.35. The van der Waals surface area contributed by atoms with Crippen LogP contribution in [0.25, 0.3) is 0 Å². The fraction of sp³-hybridized carbons (Fsp3) is 0.353. The quantitative estimate of drug-likeness (QED) is 0.638. The first-order valence-electron chi connectivity index (χ1n) is 7.34. The van der Waals surface area contributed by atoms with Crippen LogP contribution in [0.5, 0.6) is 5.75 Å². The van der Waals surface area contributed by atoms with E-state index in [1.165, 1.54) is 6.08 Å². The van der Waals surface area contributed by atoms with Gasteiger partial charge in [0, 0.05) is 19.4 Å². The lowest BCUT2D eigenvalue weighted by Crippen LogP contribution is -2.25. The highest BCUT2D eigenvalue weighted by molar-refractivity contribution is 6.37. The van der Waals surface area contributed by atoms with Crippen molar-refractivity contribution >= 4 is 17.5 Å². The van der Waals surface area contributed by atoms with Gasteiger partial charge in [-0.1, -0.05) is 18.2 Å². The van der Waals surface area contributed by atoms with E-state index in [9.17, 15) is 19.5 Å². The summed E-state index contributed by atoms with van der Waals surface area (Å²) in [6.07, 6.45) is 4.93. The largest absolute Gasteiger partial charge is 0.508 e. The number of amides is 1. The first-order valence-corrected chi connectivity index (χ1v) is 7.34. The van der Waals surface area contributed by atoms with Crippen LogP contribution >= 0.6 is 0 Å². The summed E-state index contributed by atoms with van der Waals surface area (Å²) < 4.78 is 0. The Kier molecular flexibility index (Phi) is 5.47. The topological polar surface area (TPSA) is 83.5 Å². The standard InChI is InChI=1S/C17H19NO4/c19-14-5-1-12(2-6-14)9-10-18-17(22)8-4-13-3-7-15(20)16(21)11-13/h1-2,4-6,8,13,19H,3,7,9-11H2,(H,18,22). The number of phenolic OH excluding ortho intramolecular Hbond substituents is 1. The van der Waals surface area contributed by atoms with Gasteiger partial charge in [-0.25, -0.2) is 0 Å². The zero-order valence-electron chi connectivity index (χ0n) is 12.2. The molecule has 22 heavy (non-hydrogen) atoms. The van der Waals surface area contributed by atoms with Crippen molar-refractivity contribution in [1.82, 2.24) is 5.32 Å². The fourth-order valence-electron chi connectivity index (χ4n) is 2.35. The summed E-state index contributed by atoms with van der Waals surface area (Å²) in [5.41, 5.74) is 1.03. The molecular weight excluding hydrogens is 282 g/mol. The Balaban J connectivity index is 1.71. The Labute approximate surface area is 129 Å². The van der Waals surface area contributed by atoms with Gasteiger partial charge in [0.1, 0.15) is 5.75 Å². The van der Waals surface area contributed by atoms with E-state index in [4.69, 9.17) is 0 Å². The van der Waals surface area contributed by atoms with E-state index in [0.29, 0.717) is 19.4 Å². The number of rotatable bonds is 5. The summed E-state index contributed by atoms with van der Waals surface area (Å²) in [7, 11) is 0. The van der Waals surface area contributed by atoms with E-state index in [0.717, 1.165) is 5.56 Å². The summed E-state index contributed by atoms with van der Waals surface area (Å²) in [6, 6.07) is 6.83. The number of hydrogen-bond donors (Lipinski definition) is 2. The second kappa shape index (κ2) is 7.54. The molecular formula is C17H19NO4. The average Bonchev–Trinajstić information content (AvgIpc) is 2.50. The molecule has 5 heteroatoms. The first-order chi connectivity index (χ1) is 10.5. The lowest BCUT2D eigenvalue weighted by Gasteiger charge is -2.15. The zero-order valence-corrected chi connectivity index (χ0v) is 12.2. The number of aromatic hydroxyl groups is 1. The molecule has 1 aromatic rings. The van der Waals surface area contributed by atoms with Gasteiger partial charge in [0.05, 0.1) is 0 Å². The normalized spacial score (nSPS) is 18.6. The van der Waals surface area contributed by atoms with Crippen LogP contribution in [0.3, 0.4) is 0 Å². The highest BCUT2D eigenvalue weighted by Crippen LogP contribution is 2.20. The van der Waals surface area contributed by atoms with Gasteiger partial charge in [0.15, 0.2) is 11.6 Å². The molecule has 1 aromatic carbocycles. The smallest absolute Gasteiger partial charge is 0.243 e. The number of ketones is 2. The number of nitrogens with one attached hydrogen (secondary N) is 1. The molecule has 0 aliphatic heterocycles. The van der Waals surface area contributed by atoms with Gasteiger partial charge in [-0.3, -0.25) is 14.4 Å². The Morgan fingerprint density at radius 2 is 1.95 bits per heavy atom. The Morgan fingerprint density at radius 3 is 2.64 bits per heavy atom. The number of phenols is 1. The number of Topliss-reactive ketones (excluding diaryl/α,β-unsaturated/α-hetero) is 2. The minimum atomic E-state index is -0.339. The molecule has 0 heterocycles. The summed E-state index contributed by atoms with van der Waals surface area (Å²) in [4.78, 5) is 34.1. The minimum Gasteiger partial charge on any atom is -0.508 e. The van der Waals surface area contributed by atoms with Crippen LogP contribution in [0.1, 0.15) is 24.8 Å². The molecule has 1 amide bonds.